The van der Waals surface area contributed by atoms with Crippen LogP contribution < -0.4 is 4.74 Å². The molecule has 2 nitrogen and oxygen atoms in total. The van der Waals surface area contributed by atoms with Gasteiger partial charge in [0, 0.05) is 21.8 Å². The fourth-order valence-corrected chi connectivity index (χ4v) is 4.48. The van der Waals surface area contributed by atoms with Crippen LogP contribution in [0.15, 0.2) is 33.4 Å². The summed E-state index contributed by atoms with van der Waals surface area (Å²) in [6.45, 7) is 0. The second kappa shape index (κ2) is 4.93. The lowest BCUT2D eigenvalue weighted by molar-refractivity contribution is 0.0219. The van der Waals surface area contributed by atoms with E-state index >= 15 is 0 Å². The van der Waals surface area contributed by atoms with Crippen molar-refractivity contribution in [2.75, 3.05) is 7.11 Å². The SMILES string of the molecule is COc1ccc2c(c1)CC(O)(c1cscc1Br)CC2. The third-order valence-corrected chi connectivity index (χ3v) is 5.52. The first kappa shape index (κ1) is 13.2. The van der Waals surface area contributed by atoms with Crippen molar-refractivity contribution >= 4 is 27.3 Å². The number of halogens is 1. The summed E-state index contributed by atoms with van der Waals surface area (Å²) in [5, 5.41) is 15.0. The van der Waals surface area contributed by atoms with Gasteiger partial charge in [0.25, 0.3) is 0 Å². The molecule has 1 unspecified atom stereocenters. The van der Waals surface area contributed by atoms with Crippen LogP contribution in [0.3, 0.4) is 0 Å². The van der Waals surface area contributed by atoms with E-state index in [9.17, 15) is 5.11 Å². The molecule has 0 aliphatic heterocycles. The van der Waals surface area contributed by atoms with E-state index in [4.69, 9.17) is 4.74 Å². The van der Waals surface area contributed by atoms with Crippen molar-refractivity contribution < 1.29 is 9.84 Å². The molecule has 0 bridgehead atoms. The third-order valence-electron chi connectivity index (χ3n) is 3.82. The Kier molecular flexibility index (Phi) is 3.41. The Morgan fingerprint density at radius 1 is 1.32 bits per heavy atom. The number of methoxy groups -OCH3 is 1. The van der Waals surface area contributed by atoms with Crippen LogP contribution in [0.1, 0.15) is 23.1 Å². The monoisotopic (exact) mass is 338 g/mol. The maximum atomic E-state index is 11.0. The fourth-order valence-electron chi connectivity index (χ4n) is 2.73. The average molecular weight is 339 g/mol. The number of fused-ring (bicyclic) bond motifs is 1. The minimum absolute atomic E-state index is 0.648. The molecular formula is C15H15BrO2S. The molecule has 0 spiro atoms. The lowest BCUT2D eigenvalue weighted by Gasteiger charge is -2.33. The van der Waals surface area contributed by atoms with Gasteiger partial charge in [0.05, 0.1) is 12.7 Å². The molecule has 1 aromatic carbocycles. The van der Waals surface area contributed by atoms with E-state index in [0.29, 0.717) is 6.42 Å². The Morgan fingerprint density at radius 3 is 2.84 bits per heavy atom. The molecule has 3 rings (SSSR count). The zero-order valence-electron chi connectivity index (χ0n) is 10.6. The van der Waals surface area contributed by atoms with Crippen LogP contribution in [0.25, 0.3) is 0 Å². The van der Waals surface area contributed by atoms with Crippen LogP contribution in [0, 0.1) is 0 Å². The van der Waals surface area contributed by atoms with Crippen LogP contribution >= 0.6 is 27.3 Å². The summed E-state index contributed by atoms with van der Waals surface area (Å²) in [6.07, 6.45) is 2.31. The normalized spacial score (nSPS) is 22.1. The minimum atomic E-state index is -0.766. The molecule has 0 saturated heterocycles. The van der Waals surface area contributed by atoms with Crippen molar-refractivity contribution in [3.05, 3.63) is 50.1 Å². The van der Waals surface area contributed by atoms with E-state index in [0.717, 1.165) is 28.6 Å². The summed E-state index contributed by atoms with van der Waals surface area (Å²) < 4.78 is 6.28. The van der Waals surface area contributed by atoms with Gasteiger partial charge in [0.1, 0.15) is 5.75 Å². The van der Waals surface area contributed by atoms with E-state index in [1.807, 2.05) is 22.9 Å². The topological polar surface area (TPSA) is 29.5 Å². The predicted octanol–water partition coefficient (Wildman–Crippen LogP) is 3.90. The maximum Gasteiger partial charge on any atom is 0.119 e. The molecule has 1 aromatic heterocycles. The van der Waals surface area contributed by atoms with Gasteiger partial charge in [-0.2, -0.15) is 11.3 Å². The highest BCUT2D eigenvalue weighted by Gasteiger charge is 2.35. The summed E-state index contributed by atoms with van der Waals surface area (Å²) in [4.78, 5) is 0. The number of hydrogen-bond donors (Lipinski definition) is 1. The second-order valence-corrected chi connectivity index (χ2v) is 6.57. The van der Waals surface area contributed by atoms with E-state index in [2.05, 4.69) is 22.0 Å². The van der Waals surface area contributed by atoms with Gasteiger partial charge in [0.2, 0.25) is 0 Å². The standard InChI is InChI=1S/C15H15BrO2S/c1-18-12-3-2-10-4-5-15(17,7-11(10)6-12)13-8-19-9-14(13)16/h2-3,6,8-9,17H,4-5,7H2,1H3. The number of aliphatic hydroxyl groups is 1. The van der Waals surface area contributed by atoms with Crippen molar-refractivity contribution in [1.29, 1.82) is 0 Å². The van der Waals surface area contributed by atoms with Crippen molar-refractivity contribution in [3.8, 4) is 5.75 Å². The van der Waals surface area contributed by atoms with Gasteiger partial charge >= 0.3 is 0 Å². The first-order chi connectivity index (χ1) is 9.12. The zero-order chi connectivity index (χ0) is 13.5. The Morgan fingerprint density at radius 2 is 2.16 bits per heavy atom. The second-order valence-electron chi connectivity index (χ2n) is 4.98. The molecule has 4 heteroatoms. The van der Waals surface area contributed by atoms with E-state index < -0.39 is 5.60 Å². The van der Waals surface area contributed by atoms with E-state index in [-0.39, 0.29) is 0 Å². The molecule has 1 heterocycles. The Hall–Kier alpha value is -0.840. The molecule has 19 heavy (non-hydrogen) atoms. The van der Waals surface area contributed by atoms with Crippen LogP contribution in [-0.4, -0.2) is 12.2 Å². The van der Waals surface area contributed by atoms with Crippen LogP contribution in [0.5, 0.6) is 5.75 Å². The molecule has 100 valence electrons. The van der Waals surface area contributed by atoms with Crippen LogP contribution in [0.4, 0.5) is 0 Å². The van der Waals surface area contributed by atoms with Crippen molar-refractivity contribution in [2.45, 2.75) is 24.9 Å². The smallest absolute Gasteiger partial charge is 0.119 e. The fraction of sp³-hybridized carbons (Fsp3) is 0.333. The van der Waals surface area contributed by atoms with Crippen molar-refractivity contribution in [1.82, 2.24) is 0 Å². The van der Waals surface area contributed by atoms with Gasteiger partial charge in [-0.25, -0.2) is 0 Å². The average Bonchev–Trinajstić information content (AvgIpc) is 2.85. The molecule has 1 atom stereocenters. The van der Waals surface area contributed by atoms with Crippen molar-refractivity contribution in [2.24, 2.45) is 0 Å². The molecule has 1 N–H and O–H groups in total. The summed E-state index contributed by atoms with van der Waals surface area (Å²) in [7, 11) is 1.67. The molecule has 0 radical (unpaired) electrons. The molecule has 1 aliphatic carbocycles. The Bertz CT molecular complexity index is 608. The first-order valence-corrected chi connectivity index (χ1v) is 7.96. The molecular weight excluding hydrogens is 324 g/mol. The number of hydrogen-bond acceptors (Lipinski definition) is 3. The third kappa shape index (κ3) is 2.33. The summed E-state index contributed by atoms with van der Waals surface area (Å²) in [5.74, 6) is 0.854. The summed E-state index contributed by atoms with van der Waals surface area (Å²) in [5.41, 5.74) is 2.74. The predicted molar refractivity (Wildman–Crippen MR) is 80.9 cm³/mol. The van der Waals surface area contributed by atoms with Crippen LogP contribution in [0.2, 0.25) is 0 Å². The minimum Gasteiger partial charge on any atom is -0.497 e. The van der Waals surface area contributed by atoms with Gasteiger partial charge in [-0.1, -0.05) is 6.07 Å². The molecule has 1 aliphatic rings. The Labute approximate surface area is 125 Å². The van der Waals surface area contributed by atoms with E-state index in [1.165, 1.54) is 11.1 Å². The highest BCUT2D eigenvalue weighted by atomic mass is 79.9. The zero-order valence-corrected chi connectivity index (χ0v) is 13.1. The summed E-state index contributed by atoms with van der Waals surface area (Å²) in [6, 6.07) is 6.14. The lowest BCUT2D eigenvalue weighted by atomic mass is 9.77. The number of thiophene rings is 1. The highest BCUT2D eigenvalue weighted by Crippen LogP contribution is 2.41. The number of benzene rings is 1. The molecule has 0 saturated carbocycles. The van der Waals surface area contributed by atoms with Gasteiger partial charge in [-0.05, 0) is 57.4 Å². The number of ether oxygens (including phenoxy) is 1. The van der Waals surface area contributed by atoms with E-state index in [1.54, 1.807) is 18.4 Å². The number of rotatable bonds is 2. The van der Waals surface area contributed by atoms with Gasteiger partial charge in [0.15, 0.2) is 0 Å². The maximum absolute atomic E-state index is 11.0. The van der Waals surface area contributed by atoms with Crippen molar-refractivity contribution in [3.63, 3.8) is 0 Å². The largest absolute Gasteiger partial charge is 0.497 e. The van der Waals surface area contributed by atoms with Gasteiger partial charge < -0.3 is 9.84 Å². The van der Waals surface area contributed by atoms with Gasteiger partial charge in [-0.3, -0.25) is 0 Å². The molecule has 0 amide bonds. The lowest BCUT2D eigenvalue weighted by Crippen LogP contribution is -2.33. The molecule has 2 aromatic rings. The number of aryl methyl sites for hydroxylation is 1. The van der Waals surface area contributed by atoms with Crippen LogP contribution in [-0.2, 0) is 18.4 Å². The quantitative estimate of drug-likeness (QED) is 0.899. The Balaban J connectivity index is 1.99. The summed E-state index contributed by atoms with van der Waals surface area (Å²) >= 11 is 5.15. The van der Waals surface area contributed by atoms with Gasteiger partial charge in [-0.15, -0.1) is 0 Å². The first-order valence-electron chi connectivity index (χ1n) is 6.23. The molecule has 0 fully saturated rings. The highest BCUT2D eigenvalue weighted by molar-refractivity contribution is 9.10.